The van der Waals surface area contributed by atoms with Crippen molar-refractivity contribution in [3.63, 3.8) is 0 Å². The molecule has 0 aliphatic carbocycles. The van der Waals surface area contributed by atoms with Crippen molar-refractivity contribution in [2.45, 2.75) is 6.42 Å². The minimum atomic E-state index is -0.436. The Morgan fingerprint density at radius 3 is 2.66 bits per heavy atom. The molecule has 1 unspecified atom stereocenters. The van der Waals surface area contributed by atoms with E-state index in [1.54, 1.807) is 29.0 Å². The van der Waals surface area contributed by atoms with E-state index in [2.05, 4.69) is 0 Å². The standard InChI is InChI=1S/C23H25ClN4O3S/c1-26(2)11-12-27(23-25-20-18(31-3)10-9-17(24)21(20)32-23)22(30)15-13-19(29)28(14-15)16-7-5-4-6-8-16/h4-10,15H,11-14H2,1-3H3. The zero-order chi connectivity index (χ0) is 22.8. The molecule has 7 nitrogen and oxygen atoms in total. The number of halogens is 1. The lowest BCUT2D eigenvalue weighted by Crippen LogP contribution is -2.41. The highest BCUT2D eigenvalue weighted by molar-refractivity contribution is 7.23. The topological polar surface area (TPSA) is 66.0 Å². The molecule has 0 bridgehead atoms. The Balaban J connectivity index is 1.65. The van der Waals surface area contributed by atoms with Crippen LogP contribution < -0.4 is 14.5 Å². The first-order valence-electron chi connectivity index (χ1n) is 10.3. The van der Waals surface area contributed by atoms with Crippen molar-refractivity contribution in [2.24, 2.45) is 5.92 Å². The second-order valence-corrected chi connectivity index (χ2v) is 9.34. The number of rotatable bonds is 7. The van der Waals surface area contributed by atoms with Gasteiger partial charge < -0.3 is 14.5 Å². The van der Waals surface area contributed by atoms with Crippen LogP contribution >= 0.6 is 22.9 Å². The largest absolute Gasteiger partial charge is 0.494 e. The molecule has 32 heavy (non-hydrogen) atoms. The third-order valence-electron chi connectivity index (χ3n) is 5.48. The highest BCUT2D eigenvalue weighted by Gasteiger charge is 2.38. The van der Waals surface area contributed by atoms with Crippen LogP contribution in [0.1, 0.15) is 6.42 Å². The molecule has 1 aliphatic heterocycles. The lowest BCUT2D eigenvalue weighted by molar-refractivity contribution is -0.124. The van der Waals surface area contributed by atoms with E-state index in [9.17, 15) is 9.59 Å². The Morgan fingerprint density at radius 2 is 1.97 bits per heavy atom. The van der Waals surface area contributed by atoms with Crippen LogP contribution in [-0.2, 0) is 9.59 Å². The molecule has 0 saturated carbocycles. The molecule has 2 aromatic carbocycles. The van der Waals surface area contributed by atoms with Gasteiger partial charge in [0.2, 0.25) is 11.8 Å². The summed E-state index contributed by atoms with van der Waals surface area (Å²) in [5, 5.41) is 1.12. The molecule has 1 aromatic heterocycles. The number of likely N-dealkylation sites (N-methyl/N-ethyl adjacent to an activating group) is 1. The lowest BCUT2D eigenvalue weighted by atomic mass is 10.1. The number of carbonyl (C=O) groups is 2. The Bertz CT molecular complexity index is 1130. The molecule has 168 valence electrons. The van der Waals surface area contributed by atoms with E-state index in [-0.39, 0.29) is 18.2 Å². The highest BCUT2D eigenvalue weighted by Crippen LogP contribution is 2.39. The predicted molar refractivity (Wildman–Crippen MR) is 129 cm³/mol. The number of benzene rings is 2. The molecule has 0 radical (unpaired) electrons. The van der Waals surface area contributed by atoms with Gasteiger partial charge >= 0.3 is 0 Å². The fourth-order valence-electron chi connectivity index (χ4n) is 3.77. The smallest absolute Gasteiger partial charge is 0.234 e. The number of nitrogens with zero attached hydrogens (tertiary/aromatic N) is 4. The first-order chi connectivity index (χ1) is 15.4. The van der Waals surface area contributed by atoms with E-state index in [1.165, 1.54) is 11.3 Å². The summed E-state index contributed by atoms with van der Waals surface area (Å²) in [6.45, 7) is 1.48. The molecule has 0 spiro atoms. The molecule has 1 aliphatic rings. The van der Waals surface area contributed by atoms with Crippen LogP contribution in [0, 0.1) is 5.92 Å². The highest BCUT2D eigenvalue weighted by atomic mass is 35.5. The van der Waals surface area contributed by atoms with Gasteiger partial charge in [-0.25, -0.2) is 4.98 Å². The Morgan fingerprint density at radius 1 is 1.22 bits per heavy atom. The second kappa shape index (κ2) is 9.44. The number of para-hydroxylation sites is 1. The second-order valence-electron chi connectivity index (χ2n) is 7.96. The Hall–Kier alpha value is -2.68. The van der Waals surface area contributed by atoms with Gasteiger partial charge in [0.25, 0.3) is 0 Å². The van der Waals surface area contributed by atoms with Gasteiger partial charge in [0.05, 0.1) is 22.8 Å². The SMILES string of the molecule is COc1ccc(Cl)c2sc(N(CCN(C)C)C(=O)C3CC(=O)N(c4ccccc4)C3)nc12. The van der Waals surface area contributed by atoms with Crippen molar-refractivity contribution in [3.8, 4) is 5.75 Å². The van der Waals surface area contributed by atoms with Crippen LogP contribution in [-0.4, -0.2) is 62.5 Å². The molecule has 4 rings (SSSR count). The number of fused-ring (bicyclic) bond motifs is 1. The Labute approximate surface area is 196 Å². The van der Waals surface area contributed by atoms with Crippen molar-refractivity contribution < 1.29 is 14.3 Å². The zero-order valence-corrected chi connectivity index (χ0v) is 19.8. The van der Waals surface area contributed by atoms with Gasteiger partial charge in [-0.1, -0.05) is 41.1 Å². The van der Waals surface area contributed by atoms with Gasteiger partial charge in [0.1, 0.15) is 11.3 Å². The van der Waals surface area contributed by atoms with Crippen molar-refractivity contribution in [3.05, 3.63) is 47.5 Å². The first kappa shape index (κ1) is 22.5. The summed E-state index contributed by atoms with van der Waals surface area (Å²) in [4.78, 5) is 36.4. The number of hydrogen-bond donors (Lipinski definition) is 0. The molecule has 2 heterocycles. The van der Waals surface area contributed by atoms with Crippen LogP contribution in [0.15, 0.2) is 42.5 Å². The molecule has 9 heteroatoms. The summed E-state index contributed by atoms with van der Waals surface area (Å²) < 4.78 is 6.21. The quantitative estimate of drug-likeness (QED) is 0.521. The van der Waals surface area contributed by atoms with Gasteiger partial charge in [-0.05, 0) is 38.4 Å². The summed E-state index contributed by atoms with van der Waals surface area (Å²) in [6, 6.07) is 13.0. The monoisotopic (exact) mass is 472 g/mol. The Kier molecular flexibility index (Phi) is 6.64. The maximum atomic E-state index is 13.6. The van der Waals surface area contributed by atoms with Gasteiger partial charge in [0, 0.05) is 31.7 Å². The van der Waals surface area contributed by atoms with E-state index in [4.69, 9.17) is 21.3 Å². The molecule has 0 N–H and O–H groups in total. The molecule has 3 aromatic rings. The summed E-state index contributed by atoms with van der Waals surface area (Å²) in [5.41, 5.74) is 1.44. The number of amides is 2. The van der Waals surface area contributed by atoms with Gasteiger partial charge in [-0.2, -0.15) is 0 Å². The number of carbonyl (C=O) groups excluding carboxylic acids is 2. The minimum absolute atomic E-state index is 0.0453. The fourth-order valence-corrected chi connectivity index (χ4v) is 5.06. The average molecular weight is 473 g/mol. The molecular weight excluding hydrogens is 448 g/mol. The van der Waals surface area contributed by atoms with Crippen LogP contribution in [0.5, 0.6) is 5.75 Å². The van der Waals surface area contributed by atoms with Crippen LogP contribution in [0.3, 0.4) is 0 Å². The normalized spacial score (nSPS) is 16.2. The third-order valence-corrected chi connectivity index (χ3v) is 7.02. The minimum Gasteiger partial charge on any atom is -0.494 e. The van der Waals surface area contributed by atoms with Crippen molar-refractivity contribution in [1.29, 1.82) is 0 Å². The van der Waals surface area contributed by atoms with E-state index in [0.717, 1.165) is 10.4 Å². The average Bonchev–Trinajstić information content (AvgIpc) is 3.39. The van der Waals surface area contributed by atoms with Gasteiger partial charge in [-0.3, -0.25) is 14.5 Å². The maximum absolute atomic E-state index is 13.6. The summed E-state index contributed by atoms with van der Waals surface area (Å²) in [6.07, 6.45) is 0.182. The van der Waals surface area contributed by atoms with Crippen LogP contribution in [0.2, 0.25) is 5.02 Å². The predicted octanol–water partition coefficient (Wildman–Crippen LogP) is 3.91. The van der Waals surface area contributed by atoms with Crippen LogP contribution in [0.4, 0.5) is 10.8 Å². The van der Waals surface area contributed by atoms with Crippen molar-refractivity contribution in [1.82, 2.24) is 9.88 Å². The molecule has 1 fully saturated rings. The van der Waals surface area contributed by atoms with Crippen LogP contribution in [0.25, 0.3) is 10.2 Å². The van der Waals surface area contributed by atoms with E-state index < -0.39 is 5.92 Å². The number of thiazole rings is 1. The number of methoxy groups -OCH3 is 1. The van der Waals surface area contributed by atoms with Gasteiger partial charge in [0.15, 0.2) is 5.13 Å². The van der Waals surface area contributed by atoms with E-state index in [1.807, 2.05) is 49.3 Å². The fraction of sp³-hybridized carbons (Fsp3) is 0.348. The number of hydrogen-bond acceptors (Lipinski definition) is 6. The van der Waals surface area contributed by atoms with Crippen molar-refractivity contribution >= 4 is 55.8 Å². The molecular formula is C23H25ClN4O3S. The summed E-state index contributed by atoms with van der Waals surface area (Å²) in [7, 11) is 5.49. The lowest BCUT2D eigenvalue weighted by Gasteiger charge is -2.24. The number of anilines is 2. The maximum Gasteiger partial charge on any atom is 0.234 e. The first-order valence-corrected chi connectivity index (χ1v) is 11.5. The van der Waals surface area contributed by atoms with Crippen molar-refractivity contribution in [2.75, 3.05) is 50.6 Å². The summed E-state index contributed by atoms with van der Waals surface area (Å²) in [5.74, 6) is 0.0244. The number of aromatic nitrogens is 1. The zero-order valence-electron chi connectivity index (χ0n) is 18.2. The number of ether oxygens (including phenoxy) is 1. The van der Waals surface area contributed by atoms with E-state index >= 15 is 0 Å². The van der Waals surface area contributed by atoms with E-state index in [0.29, 0.717) is 41.1 Å². The molecule has 1 atom stereocenters. The molecule has 2 amide bonds. The van der Waals surface area contributed by atoms with Gasteiger partial charge in [-0.15, -0.1) is 0 Å². The molecule has 1 saturated heterocycles. The summed E-state index contributed by atoms with van der Waals surface area (Å²) >= 11 is 7.76. The third kappa shape index (κ3) is 4.44.